The molecule has 2 saturated heterocycles. The van der Waals surface area contributed by atoms with E-state index in [2.05, 4.69) is 4.90 Å². The summed E-state index contributed by atoms with van der Waals surface area (Å²) in [5.74, 6) is -0.462. The Balaban J connectivity index is 1.64. The number of carbonyl (C=O) groups excluding carboxylic acids is 1. The molecule has 2 heterocycles. The third-order valence-corrected chi connectivity index (χ3v) is 5.29. The molecule has 0 spiro atoms. The van der Waals surface area contributed by atoms with E-state index in [-0.39, 0.29) is 5.11 Å². The van der Waals surface area contributed by atoms with Crippen molar-refractivity contribution < 1.29 is 14.6 Å². The second kappa shape index (κ2) is 6.92. The van der Waals surface area contributed by atoms with Gasteiger partial charge in [0, 0.05) is 24.5 Å². The van der Waals surface area contributed by atoms with Gasteiger partial charge in [0.25, 0.3) is 5.91 Å². The van der Waals surface area contributed by atoms with E-state index in [9.17, 15) is 9.90 Å². The lowest BCUT2D eigenvalue weighted by molar-refractivity contribution is -0.131. The number of nitrogens with zero attached hydrogens (tertiary/aromatic N) is 3. The molecule has 0 aliphatic carbocycles. The molecule has 0 aromatic heterocycles. The molecule has 140 valence electrons. The first kappa shape index (κ1) is 17.9. The number of ether oxygens (including phenoxy) is 1. The number of para-hydroxylation sites is 1. The molecular weight excluding hydrogens is 362 g/mol. The molecule has 1 unspecified atom stereocenters. The van der Waals surface area contributed by atoms with Gasteiger partial charge >= 0.3 is 0 Å². The van der Waals surface area contributed by atoms with Crippen LogP contribution in [0.15, 0.2) is 54.6 Å². The van der Waals surface area contributed by atoms with Crippen LogP contribution in [0.1, 0.15) is 6.92 Å². The highest BCUT2D eigenvalue weighted by Crippen LogP contribution is 2.35. The standard InChI is InChI=1S/C20H21N3O3S/c1-20(25)18(24)22(16-5-3-2-4-6-16)19(27)23(20)17-9-7-15(8-10-17)21-11-13-26-14-12-21/h2-10,25H,11-14H2,1H3. The van der Waals surface area contributed by atoms with E-state index in [1.807, 2.05) is 42.5 Å². The molecule has 0 saturated carbocycles. The van der Waals surface area contributed by atoms with Gasteiger partial charge in [-0.3, -0.25) is 14.6 Å². The molecule has 1 amide bonds. The number of aliphatic hydroxyl groups is 1. The van der Waals surface area contributed by atoms with E-state index < -0.39 is 11.6 Å². The van der Waals surface area contributed by atoms with Crippen LogP contribution in [-0.2, 0) is 9.53 Å². The van der Waals surface area contributed by atoms with Gasteiger partial charge in [0.05, 0.1) is 18.9 Å². The fourth-order valence-electron chi connectivity index (χ4n) is 3.48. The largest absolute Gasteiger partial charge is 0.378 e. The molecule has 2 fully saturated rings. The van der Waals surface area contributed by atoms with Crippen molar-refractivity contribution in [2.45, 2.75) is 12.6 Å². The highest BCUT2D eigenvalue weighted by atomic mass is 32.1. The fourth-order valence-corrected chi connectivity index (χ4v) is 3.95. The highest BCUT2D eigenvalue weighted by molar-refractivity contribution is 7.81. The third-order valence-electron chi connectivity index (χ3n) is 4.92. The lowest BCUT2D eigenvalue weighted by atomic mass is 10.1. The Bertz CT molecular complexity index is 849. The number of rotatable bonds is 3. The van der Waals surface area contributed by atoms with Gasteiger partial charge in [0.15, 0.2) is 5.11 Å². The topological polar surface area (TPSA) is 56.2 Å². The van der Waals surface area contributed by atoms with Crippen molar-refractivity contribution in [2.24, 2.45) is 0 Å². The smallest absolute Gasteiger partial charge is 0.286 e. The maximum Gasteiger partial charge on any atom is 0.286 e. The van der Waals surface area contributed by atoms with E-state index in [1.165, 1.54) is 16.7 Å². The van der Waals surface area contributed by atoms with Crippen LogP contribution in [0.3, 0.4) is 0 Å². The van der Waals surface area contributed by atoms with Crippen molar-refractivity contribution in [1.29, 1.82) is 0 Å². The number of hydrogen-bond donors (Lipinski definition) is 1. The van der Waals surface area contributed by atoms with Gasteiger partial charge in [-0.25, -0.2) is 0 Å². The second-order valence-electron chi connectivity index (χ2n) is 6.73. The van der Waals surface area contributed by atoms with Crippen molar-refractivity contribution in [1.82, 2.24) is 0 Å². The summed E-state index contributed by atoms with van der Waals surface area (Å²) in [6.45, 7) is 4.60. The zero-order valence-corrected chi connectivity index (χ0v) is 15.9. The number of thiocarbonyl (C=S) groups is 1. The van der Waals surface area contributed by atoms with Crippen LogP contribution in [0.2, 0.25) is 0 Å². The van der Waals surface area contributed by atoms with Crippen LogP contribution in [0.5, 0.6) is 0 Å². The van der Waals surface area contributed by atoms with Crippen LogP contribution in [0.25, 0.3) is 0 Å². The first-order valence-electron chi connectivity index (χ1n) is 8.89. The Morgan fingerprint density at radius 3 is 2.19 bits per heavy atom. The Morgan fingerprint density at radius 1 is 0.963 bits per heavy atom. The zero-order chi connectivity index (χ0) is 19.0. The van der Waals surface area contributed by atoms with E-state index in [0.29, 0.717) is 24.6 Å². The Hall–Kier alpha value is -2.48. The minimum Gasteiger partial charge on any atom is -0.378 e. The van der Waals surface area contributed by atoms with E-state index in [4.69, 9.17) is 17.0 Å². The summed E-state index contributed by atoms with van der Waals surface area (Å²) in [5, 5.41) is 11.2. The number of morpholine rings is 1. The van der Waals surface area contributed by atoms with Crippen molar-refractivity contribution in [3.8, 4) is 0 Å². The summed E-state index contributed by atoms with van der Waals surface area (Å²) < 4.78 is 5.39. The summed E-state index contributed by atoms with van der Waals surface area (Å²) in [6, 6.07) is 16.9. The second-order valence-corrected chi connectivity index (χ2v) is 7.10. The van der Waals surface area contributed by atoms with Gasteiger partial charge < -0.3 is 14.7 Å². The molecule has 1 atom stereocenters. The first-order valence-corrected chi connectivity index (χ1v) is 9.30. The van der Waals surface area contributed by atoms with Crippen molar-refractivity contribution >= 4 is 40.3 Å². The monoisotopic (exact) mass is 383 g/mol. The molecule has 2 aromatic rings. The van der Waals surface area contributed by atoms with E-state index in [1.54, 1.807) is 12.1 Å². The van der Waals surface area contributed by atoms with Crippen molar-refractivity contribution in [3.63, 3.8) is 0 Å². The summed E-state index contributed by atoms with van der Waals surface area (Å²) in [5.41, 5.74) is 0.653. The maximum atomic E-state index is 12.9. The zero-order valence-electron chi connectivity index (χ0n) is 15.0. The number of carbonyl (C=O) groups is 1. The molecule has 0 radical (unpaired) electrons. The van der Waals surface area contributed by atoms with Crippen molar-refractivity contribution in [2.75, 3.05) is 41.0 Å². The van der Waals surface area contributed by atoms with Crippen LogP contribution in [-0.4, -0.2) is 48.2 Å². The van der Waals surface area contributed by atoms with Crippen LogP contribution < -0.4 is 14.7 Å². The van der Waals surface area contributed by atoms with E-state index >= 15 is 0 Å². The summed E-state index contributed by atoms with van der Waals surface area (Å²) in [7, 11) is 0. The van der Waals surface area contributed by atoms with Gasteiger partial charge in [-0.2, -0.15) is 0 Å². The minimum atomic E-state index is -1.74. The van der Waals surface area contributed by atoms with Gasteiger partial charge in [-0.15, -0.1) is 0 Å². The van der Waals surface area contributed by atoms with Gasteiger partial charge in [0.2, 0.25) is 5.72 Å². The SMILES string of the molecule is CC1(O)C(=O)N(c2ccccc2)C(=S)N1c1ccc(N2CCOCC2)cc1. The normalized spacial score (nSPS) is 23.3. The summed E-state index contributed by atoms with van der Waals surface area (Å²) >= 11 is 5.55. The summed E-state index contributed by atoms with van der Waals surface area (Å²) in [6.07, 6.45) is 0. The Labute approximate surface area is 163 Å². The third kappa shape index (κ3) is 3.07. The first-order chi connectivity index (χ1) is 13.0. The van der Waals surface area contributed by atoms with Crippen LogP contribution in [0, 0.1) is 0 Å². The quantitative estimate of drug-likeness (QED) is 0.822. The Morgan fingerprint density at radius 2 is 1.56 bits per heavy atom. The predicted octanol–water partition coefficient (Wildman–Crippen LogP) is 2.37. The van der Waals surface area contributed by atoms with Gasteiger partial charge in [0.1, 0.15) is 0 Å². The lowest BCUT2D eigenvalue weighted by Gasteiger charge is -2.31. The predicted molar refractivity (Wildman–Crippen MR) is 109 cm³/mol. The van der Waals surface area contributed by atoms with Crippen molar-refractivity contribution in [3.05, 3.63) is 54.6 Å². The maximum absolute atomic E-state index is 12.9. The molecule has 2 aliphatic rings. The molecular formula is C20H21N3O3S. The molecule has 0 bridgehead atoms. The molecule has 27 heavy (non-hydrogen) atoms. The van der Waals surface area contributed by atoms with Gasteiger partial charge in [-0.1, -0.05) is 18.2 Å². The lowest BCUT2D eigenvalue weighted by Crippen LogP contribution is -2.47. The molecule has 6 nitrogen and oxygen atoms in total. The van der Waals surface area contributed by atoms with E-state index in [0.717, 1.165) is 18.8 Å². The molecule has 7 heteroatoms. The van der Waals surface area contributed by atoms with Gasteiger partial charge in [-0.05, 0) is 55.5 Å². The van der Waals surface area contributed by atoms with Crippen LogP contribution >= 0.6 is 12.2 Å². The highest BCUT2D eigenvalue weighted by Gasteiger charge is 2.52. The summed E-state index contributed by atoms with van der Waals surface area (Å²) in [4.78, 5) is 18.0. The molecule has 2 aliphatic heterocycles. The fraction of sp³-hybridized carbons (Fsp3) is 0.300. The number of hydrogen-bond acceptors (Lipinski definition) is 5. The molecule has 4 rings (SSSR count). The number of amides is 1. The molecule has 1 N–H and O–H groups in total. The number of anilines is 3. The Kier molecular flexibility index (Phi) is 4.59. The minimum absolute atomic E-state index is 0.260. The average Bonchev–Trinajstić information content (AvgIpc) is 2.87. The molecule has 2 aromatic carbocycles. The van der Waals surface area contributed by atoms with Crippen LogP contribution in [0.4, 0.5) is 17.1 Å². The number of benzene rings is 2. The average molecular weight is 383 g/mol.